The van der Waals surface area contributed by atoms with E-state index in [1.807, 2.05) is 0 Å². The molecule has 0 saturated carbocycles. The first-order valence-corrected chi connectivity index (χ1v) is 7.54. The normalized spacial score (nSPS) is 24.6. The number of likely N-dealkylation sites (tertiary alicyclic amines) is 1. The van der Waals surface area contributed by atoms with Crippen LogP contribution >= 0.6 is 0 Å². The van der Waals surface area contributed by atoms with Gasteiger partial charge in [0.05, 0.1) is 6.26 Å². The summed E-state index contributed by atoms with van der Waals surface area (Å²) in [5.74, 6) is -0.236. The molecule has 2 amide bonds. The molecule has 2 saturated heterocycles. The molecule has 2 fully saturated rings. The van der Waals surface area contributed by atoms with Crippen LogP contribution in [-0.4, -0.2) is 54.8 Å². The first kappa shape index (κ1) is 12.5. The maximum atomic E-state index is 11.5. The first-order chi connectivity index (χ1) is 7.89. The van der Waals surface area contributed by atoms with E-state index >= 15 is 0 Å². The van der Waals surface area contributed by atoms with Crippen molar-refractivity contribution in [3.63, 3.8) is 0 Å². The molecular weight excluding hydrogens is 244 g/mol. The van der Waals surface area contributed by atoms with Crippen LogP contribution in [0.3, 0.4) is 0 Å². The monoisotopic (exact) mass is 260 g/mol. The molecule has 7 heteroatoms. The van der Waals surface area contributed by atoms with Crippen LogP contribution in [0.5, 0.6) is 0 Å². The molecule has 6 nitrogen and oxygen atoms in total. The average Bonchev–Trinajstić information content (AvgIpc) is 2.58. The van der Waals surface area contributed by atoms with Crippen molar-refractivity contribution in [3.05, 3.63) is 0 Å². The van der Waals surface area contributed by atoms with Crippen molar-refractivity contribution in [1.29, 1.82) is 0 Å². The van der Waals surface area contributed by atoms with Crippen molar-refractivity contribution < 1.29 is 18.0 Å². The van der Waals surface area contributed by atoms with Crippen LogP contribution in [0, 0.1) is 0 Å². The van der Waals surface area contributed by atoms with Crippen molar-refractivity contribution in [1.82, 2.24) is 9.21 Å². The van der Waals surface area contributed by atoms with E-state index in [0.717, 1.165) is 0 Å². The number of hydrogen-bond donors (Lipinski definition) is 0. The Balaban J connectivity index is 2.00. The van der Waals surface area contributed by atoms with Gasteiger partial charge in [0.1, 0.15) is 0 Å². The van der Waals surface area contributed by atoms with Gasteiger partial charge in [-0.3, -0.25) is 14.5 Å². The Morgan fingerprint density at radius 2 is 1.53 bits per heavy atom. The molecule has 0 aromatic rings. The molecule has 0 N–H and O–H groups in total. The SMILES string of the molecule is CS(=O)(=O)N1CCC(N2C(=O)CCC2=O)CC1. The van der Waals surface area contributed by atoms with E-state index in [-0.39, 0.29) is 17.9 Å². The van der Waals surface area contributed by atoms with Gasteiger partial charge in [-0.15, -0.1) is 0 Å². The summed E-state index contributed by atoms with van der Waals surface area (Å²) in [6.07, 6.45) is 2.87. The third-order valence-electron chi connectivity index (χ3n) is 3.35. The molecular formula is C10H16N2O4S. The molecule has 0 radical (unpaired) electrons. The van der Waals surface area contributed by atoms with Crippen molar-refractivity contribution in [2.24, 2.45) is 0 Å². The van der Waals surface area contributed by atoms with Gasteiger partial charge in [0.15, 0.2) is 0 Å². The van der Waals surface area contributed by atoms with Gasteiger partial charge >= 0.3 is 0 Å². The Bertz CT molecular complexity index is 421. The number of carbonyl (C=O) groups excluding carboxylic acids is 2. The van der Waals surface area contributed by atoms with Gasteiger partial charge in [-0.05, 0) is 12.8 Å². The number of carbonyl (C=O) groups is 2. The summed E-state index contributed by atoms with van der Waals surface area (Å²) in [6.45, 7) is 0.779. The third kappa shape index (κ3) is 2.50. The number of piperidine rings is 1. The van der Waals surface area contributed by atoms with Crippen LogP contribution in [0.15, 0.2) is 0 Å². The lowest BCUT2D eigenvalue weighted by Gasteiger charge is -2.34. The highest BCUT2D eigenvalue weighted by atomic mass is 32.2. The van der Waals surface area contributed by atoms with E-state index in [9.17, 15) is 18.0 Å². The zero-order valence-electron chi connectivity index (χ0n) is 9.76. The second kappa shape index (κ2) is 4.38. The summed E-state index contributed by atoms with van der Waals surface area (Å²) >= 11 is 0. The van der Waals surface area contributed by atoms with Gasteiger partial charge in [0.2, 0.25) is 21.8 Å². The van der Waals surface area contributed by atoms with E-state index in [2.05, 4.69) is 0 Å². The maximum Gasteiger partial charge on any atom is 0.229 e. The molecule has 2 aliphatic heterocycles. The Morgan fingerprint density at radius 3 is 1.94 bits per heavy atom. The summed E-state index contributed by atoms with van der Waals surface area (Å²) < 4.78 is 24.0. The Labute approximate surface area is 101 Å². The number of rotatable bonds is 2. The smallest absolute Gasteiger partial charge is 0.229 e. The topological polar surface area (TPSA) is 74.8 Å². The molecule has 0 spiro atoms. The van der Waals surface area contributed by atoms with Gasteiger partial charge in [-0.2, -0.15) is 0 Å². The minimum Gasteiger partial charge on any atom is -0.279 e. The summed E-state index contributed by atoms with van der Waals surface area (Å²) in [4.78, 5) is 24.4. The Hall–Kier alpha value is -0.950. The van der Waals surface area contributed by atoms with Crippen LogP contribution in [0.2, 0.25) is 0 Å². The van der Waals surface area contributed by atoms with Gasteiger partial charge < -0.3 is 0 Å². The van der Waals surface area contributed by atoms with Gasteiger partial charge in [-0.25, -0.2) is 12.7 Å². The number of amides is 2. The van der Waals surface area contributed by atoms with Crippen molar-refractivity contribution in [3.8, 4) is 0 Å². The molecule has 0 bridgehead atoms. The molecule has 0 aromatic heterocycles. The van der Waals surface area contributed by atoms with E-state index in [4.69, 9.17) is 0 Å². The van der Waals surface area contributed by atoms with Gasteiger partial charge in [0.25, 0.3) is 0 Å². The summed E-state index contributed by atoms with van der Waals surface area (Å²) in [5, 5.41) is 0. The zero-order chi connectivity index (χ0) is 12.6. The lowest BCUT2D eigenvalue weighted by molar-refractivity contribution is -0.141. The molecule has 0 aromatic carbocycles. The highest BCUT2D eigenvalue weighted by Gasteiger charge is 2.37. The van der Waals surface area contributed by atoms with Gasteiger partial charge in [-0.1, -0.05) is 0 Å². The molecule has 17 heavy (non-hydrogen) atoms. The molecule has 0 aliphatic carbocycles. The highest BCUT2D eigenvalue weighted by Crippen LogP contribution is 2.23. The molecule has 0 atom stereocenters. The van der Waals surface area contributed by atoms with E-state index < -0.39 is 10.0 Å². The summed E-state index contributed by atoms with van der Waals surface area (Å²) in [6, 6.07) is -0.115. The number of imide groups is 1. The maximum absolute atomic E-state index is 11.5. The predicted octanol–water partition coefficient (Wildman–Crippen LogP) is -0.441. The Kier molecular flexibility index (Phi) is 3.22. The molecule has 96 valence electrons. The fourth-order valence-corrected chi connectivity index (χ4v) is 3.31. The molecule has 2 heterocycles. The van der Waals surface area contributed by atoms with Crippen LogP contribution in [0.4, 0.5) is 0 Å². The third-order valence-corrected chi connectivity index (χ3v) is 4.65. The van der Waals surface area contributed by atoms with E-state index in [1.165, 1.54) is 15.5 Å². The van der Waals surface area contributed by atoms with Crippen LogP contribution in [0.1, 0.15) is 25.7 Å². The second-order valence-electron chi connectivity index (χ2n) is 4.55. The lowest BCUT2D eigenvalue weighted by Crippen LogP contribution is -2.48. The van der Waals surface area contributed by atoms with E-state index in [0.29, 0.717) is 38.8 Å². The largest absolute Gasteiger partial charge is 0.279 e. The molecule has 2 aliphatic rings. The van der Waals surface area contributed by atoms with Crippen LogP contribution in [0.25, 0.3) is 0 Å². The number of nitrogens with zero attached hydrogens (tertiary/aromatic N) is 2. The number of hydrogen-bond acceptors (Lipinski definition) is 4. The molecule has 0 unspecified atom stereocenters. The minimum absolute atomic E-state index is 0.115. The van der Waals surface area contributed by atoms with Crippen molar-refractivity contribution in [2.45, 2.75) is 31.7 Å². The predicted molar refractivity (Wildman–Crippen MR) is 60.5 cm³/mol. The highest BCUT2D eigenvalue weighted by molar-refractivity contribution is 7.88. The van der Waals surface area contributed by atoms with Crippen molar-refractivity contribution in [2.75, 3.05) is 19.3 Å². The lowest BCUT2D eigenvalue weighted by atomic mass is 10.1. The van der Waals surface area contributed by atoms with Crippen molar-refractivity contribution >= 4 is 21.8 Å². The summed E-state index contributed by atoms with van der Waals surface area (Å²) in [5.41, 5.74) is 0. The quantitative estimate of drug-likeness (QED) is 0.631. The minimum atomic E-state index is -3.15. The van der Waals surface area contributed by atoms with E-state index in [1.54, 1.807) is 0 Å². The van der Waals surface area contributed by atoms with Gasteiger partial charge in [0, 0.05) is 32.0 Å². The zero-order valence-corrected chi connectivity index (χ0v) is 10.6. The van der Waals surface area contributed by atoms with Crippen LogP contribution in [-0.2, 0) is 19.6 Å². The standard InChI is InChI=1S/C10H16N2O4S/c1-17(15,16)11-6-4-8(5-7-11)12-9(13)2-3-10(12)14/h8H,2-7H2,1H3. The van der Waals surface area contributed by atoms with Crippen LogP contribution < -0.4 is 0 Å². The fourth-order valence-electron chi connectivity index (χ4n) is 2.43. The fraction of sp³-hybridized carbons (Fsp3) is 0.800. The Morgan fingerprint density at radius 1 is 1.06 bits per heavy atom. The second-order valence-corrected chi connectivity index (χ2v) is 6.53. The summed E-state index contributed by atoms with van der Waals surface area (Å²) in [7, 11) is -3.15. The number of sulfonamides is 1. The average molecular weight is 260 g/mol. The molecule has 2 rings (SSSR count). The first-order valence-electron chi connectivity index (χ1n) is 5.69.